The predicted molar refractivity (Wildman–Crippen MR) is 74.9 cm³/mol. The third kappa shape index (κ3) is 3.23. The largest absolute Gasteiger partial charge is 0.496 e. The van der Waals surface area contributed by atoms with E-state index in [1.165, 1.54) is 0 Å². The lowest BCUT2D eigenvalue weighted by Gasteiger charge is -2.22. The van der Waals surface area contributed by atoms with Gasteiger partial charge in [-0.25, -0.2) is 0 Å². The lowest BCUT2D eigenvalue weighted by molar-refractivity contribution is -0.120. The zero-order valence-electron chi connectivity index (χ0n) is 10.3. The minimum atomic E-state index is 0.0691. The van der Waals surface area contributed by atoms with Crippen LogP contribution in [0.25, 0.3) is 0 Å². The molecule has 98 valence electrons. The normalized spacial score (nSPS) is 19.3. The average molecular weight is 313 g/mol. The van der Waals surface area contributed by atoms with Crippen molar-refractivity contribution in [3.63, 3.8) is 0 Å². The molecule has 1 aliphatic heterocycles. The second kappa shape index (κ2) is 6.20. The van der Waals surface area contributed by atoms with E-state index >= 15 is 0 Å². The summed E-state index contributed by atoms with van der Waals surface area (Å²) in [5.74, 6) is 0.909. The molecule has 0 unspecified atom stereocenters. The second-order valence-corrected chi connectivity index (χ2v) is 5.24. The summed E-state index contributed by atoms with van der Waals surface area (Å²) in [4.78, 5) is 12.0. The molecular formula is C13H17BrN2O2. The van der Waals surface area contributed by atoms with Gasteiger partial charge in [0, 0.05) is 12.2 Å². The van der Waals surface area contributed by atoms with Crippen LogP contribution in [0.4, 0.5) is 5.69 Å². The number of piperidine rings is 1. The second-order valence-electron chi connectivity index (χ2n) is 4.38. The summed E-state index contributed by atoms with van der Waals surface area (Å²) in [6.07, 6.45) is 2.01. The number of carbonyl (C=O) groups is 1. The minimum Gasteiger partial charge on any atom is -0.496 e. The first kappa shape index (κ1) is 13.4. The fraction of sp³-hybridized carbons (Fsp3) is 0.462. The maximum Gasteiger partial charge on any atom is 0.228 e. The standard InChI is InChI=1S/C13H17BrN2O2/c1-18-12-5-4-10(7-11(12)14)16-13(17)9-3-2-6-15-8-9/h4-5,7,9,15H,2-3,6,8H2,1H3,(H,16,17)/t9-/m0/s1. The van der Waals surface area contributed by atoms with Crippen molar-refractivity contribution in [1.82, 2.24) is 5.32 Å². The highest BCUT2D eigenvalue weighted by Gasteiger charge is 2.20. The van der Waals surface area contributed by atoms with Crippen LogP contribution in [0.2, 0.25) is 0 Å². The van der Waals surface area contributed by atoms with E-state index in [0.717, 1.165) is 41.8 Å². The van der Waals surface area contributed by atoms with Gasteiger partial charge in [-0.05, 0) is 53.5 Å². The Labute approximate surface area is 115 Å². The molecule has 0 radical (unpaired) electrons. The summed E-state index contributed by atoms with van der Waals surface area (Å²) in [5.41, 5.74) is 0.790. The number of amides is 1. The average Bonchev–Trinajstić information content (AvgIpc) is 2.40. The van der Waals surface area contributed by atoms with Gasteiger partial charge in [-0.2, -0.15) is 0 Å². The van der Waals surface area contributed by atoms with Crippen molar-refractivity contribution in [2.45, 2.75) is 12.8 Å². The summed E-state index contributed by atoms with van der Waals surface area (Å²) in [5, 5.41) is 6.18. The Morgan fingerprint density at radius 3 is 3.00 bits per heavy atom. The topological polar surface area (TPSA) is 50.4 Å². The molecule has 18 heavy (non-hydrogen) atoms. The van der Waals surface area contributed by atoms with Gasteiger partial charge in [0.1, 0.15) is 5.75 Å². The van der Waals surface area contributed by atoms with E-state index in [1.54, 1.807) is 7.11 Å². The number of halogens is 1. The van der Waals surface area contributed by atoms with Gasteiger partial charge in [-0.3, -0.25) is 4.79 Å². The van der Waals surface area contributed by atoms with E-state index in [4.69, 9.17) is 4.74 Å². The number of hydrogen-bond acceptors (Lipinski definition) is 3. The molecule has 1 atom stereocenters. The molecule has 1 fully saturated rings. The lowest BCUT2D eigenvalue weighted by Crippen LogP contribution is -2.37. The van der Waals surface area contributed by atoms with Gasteiger partial charge >= 0.3 is 0 Å². The van der Waals surface area contributed by atoms with Crippen molar-refractivity contribution in [2.75, 3.05) is 25.5 Å². The molecule has 1 amide bonds. The molecule has 2 N–H and O–H groups in total. The maximum atomic E-state index is 12.0. The summed E-state index contributed by atoms with van der Waals surface area (Å²) < 4.78 is 5.99. The van der Waals surface area contributed by atoms with Gasteiger partial charge in [0.2, 0.25) is 5.91 Å². The number of rotatable bonds is 3. The number of methoxy groups -OCH3 is 1. The Bertz CT molecular complexity index is 431. The van der Waals surface area contributed by atoms with Gasteiger partial charge in [0.25, 0.3) is 0 Å². The van der Waals surface area contributed by atoms with Crippen molar-refractivity contribution >= 4 is 27.5 Å². The molecule has 1 aromatic rings. The number of benzene rings is 1. The zero-order valence-corrected chi connectivity index (χ0v) is 11.9. The smallest absolute Gasteiger partial charge is 0.228 e. The first-order valence-corrected chi connectivity index (χ1v) is 6.85. The summed E-state index contributed by atoms with van der Waals surface area (Å²) >= 11 is 3.40. The third-order valence-corrected chi connectivity index (χ3v) is 3.71. The highest BCUT2D eigenvalue weighted by Crippen LogP contribution is 2.28. The number of hydrogen-bond donors (Lipinski definition) is 2. The van der Waals surface area contributed by atoms with Crippen LogP contribution in [-0.2, 0) is 4.79 Å². The van der Waals surface area contributed by atoms with Crippen LogP contribution in [0.3, 0.4) is 0 Å². The van der Waals surface area contributed by atoms with Crippen LogP contribution in [0.5, 0.6) is 5.75 Å². The highest BCUT2D eigenvalue weighted by atomic mass is 79.9. The van der Waals surface area contributed by atoms with E-state index in [0.29, 0.717) is 0 Å². The molecule has 2 rings (SSSR count). The van der Waals surface area contributed by atoms with E-state index in [-0.39, 0.29) is 11.8 Å². The van der Waals surface area contributed by atoms with Crippen LogP contribution in [0, 0.1) is 5.92 Å². The molecule has 0 aliphatic carbocycles. The maximum absolute atomic E-state index is 12.0. The van der Waals surface area contributed by atoms with Gasteiger partial charge in [-0.1, -0.05) is 0 Å². The first-order chi connectivity index (χ1) is 8.70. The van der Waals surface area contributed by atoms with Crippen LogP contribution in [0.15, 0.2) is 22.7 Å². The highest BCUT2D eigenvalue weighted by molar-refractivity contribution is 9.10. The van der Waals surface area contributed by atoms with Crippen LogP contribution < -0.4 is 15.4 Å². The van der Waals surface area contributed by atoms with E-state index in [1.807, 2.05) is 18.2 Å². The molecule has 5 heteroatoms. The first-order valence-electron chi connectivity index (χ1n) is 6.06. The fourth-order valence-electron chi connectivity index (χ4n) is 2.06. The summed E-state index contributed by atoms with van der Waals surface area (Å²) in [7, 11) is 1.62. The summed E-state index contributed by atoms with van der Waals surface area (Å²) in [6, 6.07) is 5.53. The zero-order chi connectivity index (χ0) is 13.0. The van der Waals surface area contributed by atoms with E-state index in [9.17, 15) is 4.79 Å². The van der Waals surface area contributed by atoms with E-state index in [2.05, 4.69) is 26.6 Å². The molecule has 1 saturated heterocycles. The molecular weight excluding hydrogens is 296 g/mol. The van der Waals surface area contributed by atoms with Crippen molar-refractivity contribution < 1.29 is 9.53 Å². The van der Waals surface area contributed by atoms with Crippen molar-refractivity contribution in [3.8, 4) is 5.75 Å². The Hall–Kier alpha value is -1.07. The molecule has 0 aromatic heterocycles. The molecule has 0 bridgehead atoms. The van der Waals surface area contributed by atoms with Crippen LogP contribution in [-0.4, -0.2) is 26.1 Å². The third-order valence-electron chi connectivity index (χ3n) is 3.09. The van der Waals surface area contributed by atoms with Crippen LogP contribution in [0.1, 0.15) is 12.8 Å². The Kier molecular flexibility index (Phi) is 4.60. The van der Waals surface area contributed by atoms with Gasteiger partial charge in [0.15, 0.2) is 0 Å². The van der Waals surface area contributed by atoms with Gasteiger partial charge in [0.05, 0.1) is 17.5 Å². The summed E-state index contributed by atoms with van der Waals surface area (Å²) in [6.45, 7) is 1.78. The Balaban J connectivity index is 2.00. The SMILES string of the molecule is COc1ccc(NC(=O)[C@H]2CCCNC2)cc1Br. The van der Waals surface area contributed by atoms with Crippen molar-refractivity contribution in [3.05, 3.63) is 22.7 Å². The Morgan fingerprint density at radius 2 is 2.39 bits per heavy atom. The predicted octanol–water partition coefficient (Wildman–Crippen LogP) is 2.40. The van der Waals surface area contributed by atoms with Crippen molar-refractivity contribution in [1.29, 1.82) is 0 Å². The molecule has 1 heterocycles. The van der Waals surface area contributed by atoms with E-state index < -0.39 is 0 Å². The lowest BCUT2D eigenvalue weighted by atomic mass is 9.99. The molecule has 0 spiro atoms. The van der Waals surface area contributed by atoms with Gasteiger partial charge < -0.3 is 15.4 Å². The molecule has 0 saturated carbocycles. The Morgan fingerprint density at radius 1 is 1.56 bits per heavy atom. The number of ether oxygens (including phenoxy) is 1. The molecule has 1 aromatic carbocycles. The molecule has 4 nitrogen and oxygen atoms in total. The number of nitrogens with one attached hydrogen (secondary N) is 2. The number of carbonyl (C=O) groups excluding carboxylic acids is 1. The monoisotopic (exact) mass is 312 g/mol. The van der Waals surface area contributed by atoms with Crippen LogP contribution >= 0.6 is 15.9 Å². The fourth-order valence-corrected chi connectivity index (χ4v) is 2.60. The van der Waals surface area contributed by atoms with Gasteiger partial charge in [-0.15, -0.1) is 0 Å². The number of anilines is 1. The quantitative estimate of drug-likeness (QED) is 0.901. The minimum absolute atomic E-state index is 0.0691. The molecule has 1 aliphatic rings. The van der Waals surface area contributed by atoms with Crippen molar-refractivity contribution in [2.24, 2.45) is 5.92 Å².